The largest absolute Gasteiger partial charge is 0.317 e. The van der Waals surface area contributed by atoms with Gasteiger partial charge in [-0.15, -0.1) is 0 Å². The van der Waals surface area contributed by atoms with E-state index >= 15 is 0 Å². The fourth-order valence-electron chi connectivity index (χ4n) is 2.57. The normalized spacial score (nSPS) is 28.8. The number of piperidine rings is 1. The molecule has 0 radical (unpaired) electrons. The third kappa shape index (κ3) is 1.99. The molecule has 0 aromatic rings. The molecule has 2 aliphatic heterocycles. The van der Waals surface area contributed by atoms with Crippen molar-refractivity contribution in [3.63, 3.8) is 0 Å². The molecule has 2 aliphatic rings. The van der Waals surface area contributed by atoms with Crippen LogP contribution in [0.25, 0.3) is 0 Å². The second-order valence-corrected chi connectivity index (χ2v) is 4.52. The predicted molar refractivity (Wildman–Crippen MR) is 51.2 cm³/mol. The summed E-state index contributed by atoms with van der Waals surface area (Å²) in [5.41, 5.74) is 0. The highest BCUT2D eigenvalue weighted by atomic mass is 15.2. The average molecular weight is 168 g/mol. The summed E-state index contributed by atoms with van der Waals surface area (Å²) in [5, 5.41) is 3.42. The van der Waals surface area contributed by atoms with Gasteiger partial charge in [-0.05, 0) is 51.2 Å². The third-order valence-corrected chi connectivity index (χ3v) is 3.27. The Morgan fingerprint density at radius 3 is 2.42 bits per heavy atom. The van der Waals surface area contributed by atoms with Crippen molar-refractivity contribution in [3.8, 4) is 0 Å². The van der Waals surface area contributed by atoms with Crippen LogP contribution in [-0.2, 0) is 0 Å². The number of likely N-dealkylation sites (tertiary alicyclic amines) is 1. The Morgan fingerprint density at radius 1 is 1.17 bits per heavy atom. The Bertz CT molecular complexity index is 135. The molecule has 0 bridgehead atoms. The van der Waals surface area contributed by atoms with E-state index in [-0.39, 0.29) is 0 Å². The second-order valence-electron chi connectivity index (χ2n) is 4.52. The summed E-state index contributed by atoms with van der Waals surface area (Å²) in [6, 6.07) is 0. The van der Waals surface area contributed by atoms with Gasteiger partial charge in [0, 0.05) is 13.1 Å². The first-order chi connectivity index (χ1) is 5.84. The van der Waals surface area contributed by atoms with Gasteiger partial charge >= 0.3 is 0 Å². The van der Waals surface area contributed by atoms with Crippen LogP contribution in [-0.4, -0.2) is 38.1 Å². The predicted octanol–water partition coefficient (Wildman–Crippen LogP) is 0.938. The summed E-state index contributed by atoms with van der Waals surface area (Å²) in [7, 11) is 2.22. The van der Waals surface area contributed by atoms with Crippen LogP contribution in [0, 0.1) is 11.8 Å². The number of hydrogen-bond acceptors (Lipinski definition) is 2. The quantitative estimate of drug-likeness (QED) is 0.660. The molecule has 12 heavy (non-hydrogen) atoms. The molecule has 0 aliphatic carbocycles. The van der Waals surface area contributed by atoms with E-state index in [0.717, 1.165) is 11.8 Å². The molecule has 0 spiro atoms. The van der Waals surface area contributed by atoms with Crippen molar-refractivity contribution in [2.45, 2.75) is 19.3 Å². The van der Waals surface area contributed by atoms with Gasteiger partial charge in [-0.25, -0.2) is 0 Å². The zero-order chi connectivity index (χ0) is 8.39. The molecule has 2 fully saturated rings. The molecule has 1 N–H and O–H groups in total. The summed E-state index contributed by atoms with van der Waals surface area (Å²) < 4.78 is 0. The highest BCUT2D eigenvalue weighted by molar-refractivity contribution is 4.81. The summed E-state index contributed by atoms with van der Waals surface area (Å²) in [5.74, 6) is 2.06. The standard InChI is InChI=1S/C10H20N2/c1-12-7-10(8-12)6-9-2-4-11-5-3-9/h9-11H,2-8H2,1H3. The van der Waals surface area contributed by atoms with Crippen LogP contribution in [0.1, 0.15) is 19.3 Å². The lowest BCUT2D eigenvalue weighted by molar-refractivity contribution is 0.104. The molecule has 2 rings (SSSR count). The number of nitrogens with zero attached hydrogens (tertiary/aromatic N) is 1. The maximum atomic E-state index is 3.42. The van der Waals surface area contributed by atoms with Crippen molar-refractivity contribution in [1.29, 1.82) is 0 Å². The Hall–Kier alpha value is -0.0800. The van der Waals surface area contributed by atoms with Gasteiger partial charge < -0.3 is 10.2 Å². The molecule has 0 saturated carbocycles. The van der Waals surface area contributed by atoms with Gasteiger partial charge in [-0.2, -0.15) is 0 Å². The van der Waals surface area contributed by atoms with Crippen LogP contribution >= 0.6 is 0 Å². The van der Waals surface area contributed by atoms with Gasteiger partial charge in [0.05, 0.1) is 0 Å². The van der Waals surface area contributed by atoms with E-state index in [4.69, 9.17) is 0 Å². The minimum absolute atomic E-state index is 1.03. The SMILES string of the molecule is CN1CC(CC2CCNCC2)C1. The zero-order valence-corrected chi connectivity index (χ0v) is 8.05. The summed E-state index contributed by atoms with van der Waals surface area (Å²) in [6.45, 7) is 5.22. The van der Waals surface area contributed by atoms with E-state index in [1.807, 2.05) is 0 Å². The monoisotopic (exact) mass is 168 g/mol. The lowest BCUT2D eigenvalue weighted by Gasteiger charge is -2.39. The average Bonchev–Trinajstić information content (AvgIpc) is 2.04. The van der Waals surface area contributed by atoms with Crippen LogP contribution in [0.3, 0.4) is 0 Å². The van der Waals surface area contributed by atoms with E-state index in [2.05, 4.69) is 17.3 Å². The number of nitrogens with one attached hydrogen (secondary N) is 1. The van der Waals surface area contributed by atoms with Crippen LogP contribution in [0.4, 0.5) is 0 Å². The molecule has 2 heterocycles. The first-order valence-corrected chi connectivity index (χ1v) is 5.24. The Kier molecular flexibility index (Phi) is 2.66. The highest BCUT2D eigenvalue weighted by Gasteiger charge is 2.26. The molecule has 2 nitrogen and oxygen atoms in total. The van der Waals surface area contributed by atoms with E-state index < -0.39 is 0 Å². The number of rotatable bonds is 2. The summed E-state index contributed by atoms with van der Waals surface area (Å²) >= 11 is 0. The smallest absolute Gasteiger partial charge is 0.00191 e. The molecule has 0 aromatic carbocycles. The van der Waals surface area contributed by atoms with E-state index in [9.17, 15) is 0 Å². The maximum Gasteiger partial charge on any atom is 0.00191 e. The van der Waals surface area contributed by atoms with Crippen LogP contribution in [0.15, 0.2) is 0 Å². The Morgan fingerprint density at radius 2 is 1.83 bits per heavy atom. The molecule has 0 amide bonds. The van der Waals surface area contributed by atoms with Crippen molar-refractivity contribution in [2.24, 2.45) is 11.8 Å². The Labute approximate surface area is 75.3 Å². The molecular weight excluding hydrogens is 148 g/mol. The lowest BCUT2D eigenvalue weighted by atomic mass is 9.84. The fourth-order valence-corrected chi connectivity index (χ4v) is 2.57. The molecule has 0 unspecified atom stereocenters. The zero-order valence-electron chi connectivity index (χ0n) is 8.05. The van der Waals surface area contributed by atoms with Gasteiger partial charge in [0.15, 0.2) is 0 Å². The van der Waals surface area contributed by atoms with Crippen molar-refractivity contribution >= 4 is 0 Å². The van der Waals surface area contributed by atoms with Gasteiger partial charge in [0.1, 0.15) is 0 Å². The molecule has 70 valence electrons. The molecule has 0 aromatic heterocycles. The van der Waals surface area contributed by atoms with Crippen LogP contribution in [0.5, 0.6) is 0 Å². The van der Waals surface area contributed by atoms with Crippen LogP contribution < -0.4 is 5.32 Å². The fraction of sp³-hybridized carbons (Fsp3) is 1.00. The van der Waals surface area contributed by atoms with Crippen molar-refractivity contribution in [1.82, 2.24) is 10.2 Å². The lowest BCUT2D eigenvalue weighted by Crippen LogP contribution is -2.45. The second kappa shape index (κ2) is 3.75. The number of hydrogen-bond donors (Lipinski definition) is 1. The van der Waals surface area contributed by atoms with Crippen molar-refractivity contribution < 1.29 is 0 Å². The highest BCUT2D eigenvalue weighted by Crippen LogP contribution is 2.26. The van der Waals surface area contributed by atoms with Crippen molar-refractivity contribution in [2.75, 3.05) is 33.2 Å². The van der Waals surface area contributed by atoms with Gasteiger partial charge in [0.2, 0.25) is 0 Å². The van der Waals surface area contributed by atoms with Gasteiger partial charge in [-0.3, -0.25) is 0 Å². The topological polar surface area (TPSA) is 15.3 Å². The van der Waals surface area contributed by atoms with Gasteiger partial charge in [0.25, 0.3) is 0 Å². The Balaban J connectivity index is 1.65. The first kappa shape index (κ1) is 8.52. The minimum Gasteiger partial charge on any atom is -0.317 e. The summed E-state index contributed by atoms with van der Waals surface area (Å²) in [4.78, 5) is 2.42. The van der Waals surface area contributed by atoms with Crippen molar-refractivity contribution in [3.05, 3.63) is 0 Å². The van der Waals surface area contributed by atoms with Crippen LogP contribution in [0.2, 0.25) is 0 Å². The molecular formula is C10H20N2. The van der Waals surface area contributed by atoms with E-state index in [1.165, 1.54) is 45.4 Å². The third-order valence-electron chi connectivity index (χ3n) is 3.27. The summed E-state index contributed by atoms with van der Waals surface area (Å²) in [6.07, 6.45) is 4.33. The molecule has 0 atom stereocenters. The molecule has 2 saturated heterocycles. The van der Waals surface area contributed by atoms with E-state index in [0.29, 0.717) is 0 Å². The van der Waals surface area contributed by atoms with Gasteiger partial charge in [-0.1, -0.05) is 0 Å². The maximum absolute atomic E-state index is 3.42. The first-order valence-electron chi connectivity index (χ1n) is 5.24. The van der Waals surface area contributed by atoms with E-state index in [1.54, 1.807) is 0 Å². The molecule has 2 heteroatoms. The minimum atomic E-state index is 1.03.